The van der Waals surface area contributed by atoms with Crippen LogP contribution in [0.15, 0.2) is 4.99 Å². The molecule has 0 aromatic rings. The third-order valence-corrected chi connectivity index (χ3v) is 2.59. The van der Waals surface area contributed by atoms with Crippen molar-refractivity contribution in [2.75, 3.05) is 20.3 Å². The largest absolute Gasteiger partial charge is 0.385 e. The second-order valence-electron chi connectivity index (χ2n) is 5.03. The molecule has 3 N–H and O–H groups in total. The van der Waals surface area contributed by atoms with E-state index < -0.39 is 0 Å². The Morgan fingerprint density at radius 1 is 1.53 bits per heavy atom. The van der Waals surface area contributed by atoms with Gasteiger partial charge in [-0.15, -0.1) is 0 Å². The van der Waals surface area contributed by atoms with Crippen LogP contribution in [0.3, 0.4) is 0 Å². The van der Waals surface area contributed by atoms with Crippen LogP contribution in [0, 0.1) is 5.41 Å². The lowest BCUT2D eigenvalue weighted by Crippen LogP contribution is -2.34. The highest BCUT2D eigenvalue weighted by molar-refractivity contribution is 5.78. The van der Waals surface area contributed by atoms with Gasteiger partial charge >= 0.3 is 0 Å². The number of ether oxygens (including phenoxy) is 1. The molecule has 0 spiro atoms. The fourth-order valence-corrected chi connectivity index (χ4v) is 1.24. The SMILES string of the molecule is COCCC(C)(C)CN=C(N)NC1CC1. The molecule has 0 aromatic heterocycles. The van der Waals surface area contributed by atoms with E-state index in [4.69, 9.17) is 10.5 Å². The second kappa shape index (κ2) is 5.35. The second-order valence-corrected chi connectivity index (χ2v) is 5.03. The molecule has 0 saturated heterocycles. The molecule has 1 aliphatic rings. The van der Waals surface area contributed by atoms with Crippen LogP contribution in [-0.4, -0.2) is 32.3 Å². The third kappa shape index (κ3) is 5.62. The Morgan fingerprint density at radius 2 is 2.20 bits per heavy atom. The zero-order valence-electron chi connectivity index (χ0n) is 10.0. The summed E-state index contributed by atoms with van der Waals surface area (Å²) in [6.07, 6.45) is 3.45. The maximum atomic E-state index is 5.76. The van der Waals surface area contributed by atoms with E-state index in [2.05, 4.69) is 24.2 Å². The van der Waals surface area contributed by atoms with E-state index in [-0.39, 0.29) is 5.41 Å². The van der Waals surface area contributed by atoms with Crippen molar-refractivity contribution in [1.82, 2.24) is 5.32 Å². The molecular formula is C11H23N3O. The van der Waals surface area contributed by atoms with Gasteiger partial charge < -0.3 is 15.8 Å². The van der Waals surface area contributed by atoms with Gasteiger partial charge in [-0.05, 0) is 24.7 Å². The van der Waals surface area contributed by atoms with Crippen molar-refractivity contribution in [2.24, 2.45) is 16.1 Å². The predicted molar refractivity (Wildman–Crippen MR) is 62.9 cm³/mol. The van der Waals surface area contributed by atoms with Crippen LogP contribution < -0.4 is 11.1 Å². The van der Waals surface area contributed by atoms with Crippen molar-refractivity contribution >= 4 is 5.96 Å². The standard InChI is InChI=1S/C11H23N3O/c1-11(2,6-7-15-3)8-13-10(12)14-9-4-5-9/h9H,4-8H2,1-3H3,(H3,12,13,14). The maximum Gasteiger partial charge on any atom is 0.188 e. The Labute approximate surface area is 92.3 Å². The van der Waals surface area contributed by atoms with Gasteiger partial charge in [0, 0.05) is 26.3 Å². The lowest BCUT2D eigenvalue weighted by Gasteiger charge is -2.21. The van der Waals surface area contributed by atoms with Gasteiger partial charge in [0.1, 0.15) is 0 Å². The van der Waals surface area contributed by atoms with Crippen molar-refractivity contribution in [3.63, 3.8) is 0 Å². The lowest BCUT2D eigenvalue weighted by molar-refractivity contribution is 0.155. The highest BCUT2D eigenvalue weighted by Gasteiger charge is 2.22. The molecule has 4 nitrogen and oxygen atoms in total. The van der Waals surface area contributed by atoms with Crippen molar-refractivity contribution in [3.8, 4) is 0 Å². The van der Waals surface area contributed by atoms with Gasteiger partial charge in [-0.2, -0.15) is 0 Å². The number of guanidine groups is 1. The van der Waals surface area contributed by atoms with Gasteiger partial charge in [0.25, 0.3) is 0 Å². The molecule has 4 heteroatoms. The fraction of sp³-hybridized carbons (Fsp3) is 0.909. The molecule has 1 rings (SSSR count). The van der Waals surface area contributed by atoms with Crippen molar-refractivity contribution in [2.45, 2.75) is 39.2 Å². The Bertz CT molecular complexity index is 222. The smallest absolute Gasteiger partial charge is 0.188 e. The minimum absolute atomic E-state index is 0.159. The first-order valence-corrected chi connectivity index (χ1v) is 5.59. The molecular weight excluding hydrogens is 190 g/mol. The molecule has 0 amide bonds. The van der Waals surface area contributed by atoms with Gasteiger partial charge in [0.05, 0.1) is 0 Å². The first-order chi connectivity index (χ1) is 7.03. The summed E-state index contributed by atoms with van der Waals surface area (Å²) in [4.78, 5) is 4.36. The minimum atomic E-state index is 0.159. The lowest BCUT2D eigenvalue weighted by atomic mass is 9.90. The van der Waals surface area contributed by atoms with Gasteiger partial charge in [-0.25, -0.2) is 0 Å². The molecule has 1 aliphatic carbocycles. The molecule has 0 atom stereocenters. The fourth-order valence-electron chi connectivity index (χ4n) is 1.24. The van der Waals surface area contributed by atoms with Gasteiger partial charge in [-0.1, -0.05) is 13.8 Å². The molecule has 0 bridgehead atoms. The van der Waals surface area contributed by atoms with Crippen LogP contribution in [0.25, 0.3) is 0 Å². The summed E-state index contributed by atoms with van der Waals surface area (Å²) < 4.78 is 5.06. The molecule has 0 unspecified atom stereocenters. The number of aliphatic imine (C=N–C) groups is 1. The van der Waals surface area contributed by atoms with E-state index in [0.29, 0.717) is 12.0 Å². The number of methoxy groups -OCH3 is 1. The number of rotatable bonds is 6. The predicted octanol–water partition coefficient (Wildman–Crippen LogP) is 1.12. The Morgan fingerprint density at radius 3 is 2.73 bits per heavy atom. The molecule has 15 heavy (non-hydrogen) atoms. The first-order valence-electron chi connectivity index (χ1n) is 5.59. The summed E-state index contributed by atoms with van der Waals surface area (Å²) in [5.41, 5.74) is 5.92. The van der Waals surface area contributed by atoms with Crippen LogP contribution in [0.2, 0.25) is 0 Å². The van der Waals surface area contributed by atoms with Gasteiger partial charge in [0.15, 0.2) is 5.96 Å². The topological polar surface area (TPSA) is 59.6 Å². The number of nitrogens with one attached hydrogen (secondary N) is 1. The van der Waals surface area contributed by atoms with Crippen LogP contribution in [-0.2, 0) is 4.74 Å². The zero-order valence-corrected chi connectivity index (χ0v) is 10.0. The molecule has 0 heterocycles. The maximum absolute atomic E-state index is 5.76. The van der Waals surface area contributed by atoms with Crippen LogP contribution in [0.5, 0.6) is 0 Å². The summed E-state index contributed by atoms with van der Waals surface area (Å²) in [7, 11) is 1.72. The number of hydrogen-bond acceptors (Lipinski definition) is 2. The molecule has 1 fully saturated rings. The van der Waals surface area contributed by atoms with E-state index in [9.17, 15) is 0 Å². The Kier molecular flexibility index (Phi) is 4.39. The third-order valence-electron chi connectivity index (χ3n) is 2.59. The van der Waals surface area contributed by atoms with Crippen LogP contribution in [0.1, 0.15) is 33.1 Å². The quantitative estimate of drug-likeness (QED) is 0.513. The van der Waals surface area contributed by atoms with E-state index in [0.717, 1.165) is 19.6 Å². The normalized spacial score (nSPS) is 17.9. The average molecular weight is 213 g/mol. The molecule has 1 saturated carbocycles. The zero-order chi connectivity index (χ0) is 11.3. The van der Waals surface area contributed by atoms with Crippen molar-refractivity contribution in [3.05, 3.63) is 0 Å². The van der Waals surface area contributed by atoms with E-state index in [1.807, 2.05) is 0 Å². The number of nitrogens with zero attached hydrogens (tertiary/aromatic N) is 1. The Hall–Kier alpha value is -0.770. The highest BCUT2D eigenvalue weighted by atomic mass is 16.5. The highest BCUT2D eigenvalue weighted by Crippen LogP contribution is 2.21. The van der Waals surface area contributed by atoms with Crippen LogP contribution >= 0.6 is 0 Å². The van der Waals surface area contributed by atoms with E-state index in [1.54, 1.807) is 7.11 Å². The van der Waals surface area contributed by atoms with E-state index >= 15 is 0 Å². The molecule has 0 aliphatic heterocycles. The van der Waals surface area contributed by atoms with Crippen molar-refractivity contribution < 1.29 is 4.74 Å². The first kappa shape index (κ1) is 12.3. The summed E-state index contributed by atoms with van der Waals surface area (Å²) in [6.45, 7) is 5.89. The minimum Gasteiger partial charge on any atom is -0.385 e. The monoisotopic (exact) mass is 213 g/mol. The van der Waals surface area contributed by atoms with Crippen molar-refractivity contribution in [1.29, 1.82) is 0 Å². The number of hydrogen-bond donors (Lipinski definition) is 2. The summed E-state index contributed by atoms with van der Waals surface area (Å²) >= 11 is 0. The Balaban J connectivity index is 2.25. The van der Waals surface area contributed by atoms with Gasteiger partial charge in [0.2, 0.25) is 0 Å². The summed E-state index contributed by atoms with van der Waals surface area (Å²) in [5.74, 6) is 0.586. The summed E-state index contributed by atoms with van der Waals surface area (Å²) in [6, 6.07) is 0.579. The van der Waals surface area contributed by atoms with E-state index in [1.165, 1.54) is 12.8 Å². The van der Waals surface area contributed by atoms with Gasteiger partial charge in [-0.3, -0.25) is 4.99 Å². The van der Waals surface area contributed by atoms with Crippen LogP contribution in [0.4, 0.5) is 0 Å². The average Bonchev–Trinajstić information content (AvgIpc) is 2.96. The molecule has 88 valence electrons. The number of nitrogens with two attached hydrogens (primary N) is 1. The molecule has 0 radical (unpaired) electrons. The molecule has 0 aromatic carbocycles. The summed E-state index contributed by atoms with van der Waals surface area (Å²) in [5, 5.41) is 3.18.